The fourth-order valence-corrected chi connectivity index (χ4v) is 1.50. The van der Waals surface area contributed by atoms with Gasteiger partial charge in [-0.2, -0.15) is 0 Å². The van der Waals surface area contributed by atoms with E-state index in [1.807, 2.05) is 0 Å². The van der Waals surface area contributed by atoms with Crippen molar-refractivity contribution in [3.05, 3.63) is 35.1 Å². The number of benzene rings is 1. The first kappa shape index (κ1) is 11.1. The summed E-state index contributed by atoms with van der Waals surface area (Å²) in [5, 5.41) is 0. The number of halogens is 2. The van der Waals surface area contributed by atoms with Gasteiger partial charge >= 0.3 is 0 Å². The van der Waals surface area contributed by atoms with Gasteiger partial charge in [0.15, 0.2) is 0 Å². The van der Waals surface area contributed by atoms with E-state index in [1.54, 1.807) is 26.0 Å². The number of alkyl halides is 1. The first-order valence-corrected chi connectivity index (χ1v) is 4.56. The highest BCUT2D eigenvalue weighted by atomic mass is 19.1. The van der Waals surface area contributed by atoms with E-state index >= 15 is 0 Å². The highest BCUT2D eigenvalue weighted by Crippen LogP contribution is 2.30. The summed E-state index contributed by atoms with van der Waals surface area (Å²) in [4.78, 5) is 0. The molecule has 0 radical (unpaired) electrons. The van der Waals surface area contributed by atoms with Crippen LogP contribution in [0, 0.1) is 5.82 Å². The van der Waals surface area contributed by atoms with Crippen LogP contribution in [0.3, 0.4) is 0 Å². The summed E-state index contributed by atoms with van der Waals surface area (Å²) in [6.07, 6.45) is -1.34. The maximum atomic E-state index is 13.3. The van der Waals surface area contributed by atoms with Crippen molar-refractivity contribution in [2.75, 3.05) is 0 Å². The van der Waals surface area contributed by atoms with E-state index in [1.165, 1.54) is 13.0 Å². The number of hydrogen-bond donors (Lipinski definition) is 1. The van der Waals surface area contributed by atoms with Gasteiger partial charge in [0, 0.05) is 11.1 Å². The third kappa shape index (κ3) is 2.10. The van der Waals surface area contributed by atoms with Gasteiger partial charge in [-0.15, -0.1) is 0 Å². The van der Waals surface area contributed by atoms with Crippen molar-refractivity contribution < 1.29 is 8.78 Å². The second-order valence-corrected chi connectivity index (χ2v) is 4.04. The van der Waals surface area contributed by atoms with Crippen LogP contribution in [0.5, 0.6) is 0 Å². The van der Waals surface area contributed by atoms with Gasteiger partial charge < -0.3 is 5.73 Å². The number of nitrogens with two attached hydrogens (primary N) is 1. The van der Waals surface area contributed by atoms with E-state index in [-0.39, 0.29) is 5.56 Å². The Balaban J connectivity index is 3.36. The molecule has 1 nitrogen and oxygen atoms in total. The van der Waals surface area contributed by atoms with Crippen molar-refractivity contribution in [2.45, 2.75) is 32.5 Å². The molecule has 1 aromatic carbocycles. The molecule has 0 aliphatic carbocycles. The van der Waals surface area contributed by atoms with Crippen molar-refractivity contribution in [2.24, 2.45) is 5.73 Å². The van der Waals surface area contributed by atoms with Crippen molar-refractivity contribution in [3.8, 4) is 0 Å². The second kappa shape index (κ2) is 3.65. The van der Waals surface area contributed by atoms with Crippen LogP contribution in [0.25, 0.3) is 0 Å². The lowest BCUT2D eigenvalue weighted by molar-refractivity contribution is 0.351. The zero-order chi connectivity index (χ0) is 10.9. The Bertz CT molecular complexity index is 327. The predicted molar refractivity (Wildman–Crippen MR) is 53.1 cm³/mol. The predicted octanol–water partition coefficient (Wildman–Crippen LogP) is 3.05. The molecule has 2 N–H and O–H groups in total. The maximum absolute atomic E-state index is 13.3. The molecule has 0 amide bonds. The van der Waals surface area contributed by atoms with Crippen molar-refractivity contribution >= 4 is 0 Å². The zero-order valence-corrected chi connectivity index (χ0v) is 8.64. The van der Waals surface area contributed by atoms with Crippen molar-refractivity contribution in [1.29, 1.82) is 0 Å². The topological polar surface area (TPSA) is 26.0 Å². The standard InChI is InChI=1S/C11H15F2N/c1-7(12)10-8(11(2,3)14)5-4-6-9(10)13/h4-7H,14H2,1-3H3. The van der Waals surface area contributed by atoms with Crippen LogP contribution in [-0.2, 0) is 5.54 Å². The molecule has 1 atom stereocenters. The first-order chi connectivity index (χ1) is 6.34. The zero-order valence-electron chi connectivity index (χ0n) is 8.64. The highest BCUT2D eigenvalue weighted by molar-refractivity contribution is 5.35. The molecule has 0 heterocycles. The van der Waals surface area contributed by atoms with Crippen LogP contribution in [-0.4, -0.2) is 0 Å². The lowest BCUT2D eigenvalue weighted by Crippen LogP contribution is -2.30. The van der Waals surface area contributed by atoms with Gasteiger partial charge in [-0.25, -0.2) is 8.78 Å². The molecular formula is C11H15F2N. The Morgan fingerprint density at radius 2 is 1.93 bits per heavy atom. The summed E-state index contributed by atoms with van der Waals surface area (Å²) in [6.45, 7) is 4.77. The van der Waals surface area contributed by atoms with Crippen LogP contribution in [0.2, 0.25) is 0 Å². The van der Waals surface area contributed by atoms with Crippen LogP contribution >= 0.6 is 0 Å². The van der Waals surface area contributed by atoms with E-state index in [0.717, 1.165) is 0 Å². The van der Waals surface area contributed by atoms with Crippen LogP contribution in [0.4, 0.5) is 8.78 Å². The molecule has 1 rings (SSSR count). The molecule has 0 saturated heterocycles. The van der Waals surface area contributed by atoms with Crippen LogP contribution in [0.1, 0.15) is 38.1 Å². The van der Waals surface area contributed by atoms with E-state index in [0.29, 0.717) is 5.56 Å². The second-order valence-electron chi connectivity index (χ2n) is 4.04. The Kier molecular flexibility index (Phi) is 2.90. The van der Waals surface area contributed by atoms with Gasteiger partial charge in [0.1, 0.15) is 12.0 Å². The van der Waals surface area contributed by atoms with Crippen LogP contribution in [0.15, 0.2) is 18.2 Å². The summed E-state index contributed by atoms with van der Waals surface area (Å²) in [7, 11) is 0. The van der Waals surface area contributed by atoms with E-state index in [2.05, 4.69) is 0 Å². The Labute approximate surface area is 82.9 Å². The molecule has 3 heteroatoms. The summed E-state index contributed by atoms with van der Waals surface area (Å²) >= 11 is 0. The van der Waals surface area contributed by atoms with Gasteiger partial charge in [0.2, 0.25) is 0 Å². The first-order valence-electron chi connectivity index (χ1n) is 4.56. The minimum absolute atomic E-state index is 0.0694. The molecule has 78 valence electrons. The molecule has 0 spiro atoms. The van der Waals surface area contributed by atoms with Crippen molar-refractivity contribution in [1.82, 2.24) is 0 Å². The molecule has 0 aromatic heterocycles. The lowest BCUT2D eigenvalue weighted by atomic mass is 9.89. The Morgan fingerprint density at radius 1 is 1.36 bits per heavy atom. The quantitative estimate of drug-likeness (QED) is 0.778. The molecular weight excluding hydrogens is 184 g/mol. The molecule has 14 heavy (non-hydrogen) atoms. The fraction of sp³-hybridized carbons (Fsp3) is 0.455. The Hall–Kier alpha value is -0.960. The molecule has 1 unspecified atom stereocenters. The summed E-state index contributed by atoms with van der Waals surface area (Å²) < 4.78 is 26.5. The van der Waals surface area contributed by atoms with Crippen molar-refractivity contribution in [3.63, 3.8) is 0 Å². The van der Waals surface area contributed by atoms with Gasteiger partial charge in [0.05, 0.1) is 0 Å². The molecule has 0 aliphatic heterocycles. The molecule has 0 aliphatic rings. The molecule has 0 fully saturated rings. The number of rotatable bonds is 2. The van der Waals surface area contributed by atoms with Gasteiger partial charge in [-0.1, -0.05) is 12.1 Å². The van der Waals surface area contributed by atoms with Crippen LogP contribution < -0.4 is 5.73 Å². The minimum Gasteiger partial charge on any atom is -0.322 e. The lowest BCUT2D eigenvalue weighted by Gasteiger charge is -2.23. The normalized spacial score (nSPS) is 14.1. The fourth-order valence-electron chi connectivity index (χ4n) is 1.50. The highest BCUT2D eigenvalue weighted by Gasteiger charge is 2.23. The third-order valence-electron chi connectivity index (χ3n) is 2.14. The summed E-state index contributed by atoms with van der Waals surface area (Å²) in [5.41, 5.74) is 5.70. The molecule has 0 saturated carbocycles. The number of hydrogen-bond acceptors (Lipinski definition) is 1. The summed E-state index contributed by atoms with van der Waals surface area (Å²) in [5.74, 6) is -0.531. The van der Waals surface area contributed by atoms with E-state index < -0.39 is 17.5 Å². The van der Waals surface area contributed by atoms with E-state index in [9.17, 15) is 8.78 Å². The molecule has 0 bridgehead atoms. The minimum atomic E-state index is -1.34. The molecule has 1 aromatic rings. The van der Waals surface area contributed by atoms with Gasteiger partial charge in [0.25, 0.3) is 0 Å². The third-order valence-corrected chi connectivity index (χ3v) is 2.14. The average Bonchev–Trinajstić information content (AvgIpc) is 2.01. The Morgan fingerprint density at radius 3 is 2.29 bits per heavy atom. The maximum Gasteiger partial charge on any atom is 0.129 e. The SMILES string of the molecule is CC(F)c1c(F)cccc1C(C)(C)N. The smallest absolute Gasteiger partial charge is 0.129 e. The monoisotopic (exact) mass is 199 g/mol. The van der Waals surface area contributed by atoms with E-state index in [4.69, 9.17) is 5.73 Å². The average molecular weight is 199 g/mol. The summed E-state index contributed by atoms with van der Waals surface area (Å²) in [6, 6.07) is 4.46. The largest absolute Gasteiger partial charge is 0.322 e. The van der Waals surface area contributed by atoms with Gasteiger partial charge in [-0.3, -0.25) is 0 Å². The van der Waals surface area contributed by atoms with Gasteiger partial charge in [-0.05, 0) is 32.4 Å².